The first-order chi connectivity index (χ1) is 9.00. The van der Waals surface area contributed by atoms with Gasteiger partial charge in [0.25, 0.3) is 5.91 Å². The van der Waals surface area contributed by atoms with E-state index in [1.54, 1.807) is 11.6 Å². The van der Waals surface area contributed by atoms with Crippen molar-refractivity contribution >= 4 is 17.2 Å². The molecule has 3 nitrogen and oxygen atoms in total. The van der Waals surface area contributed by atoms with Crippen molar-refractivity contribution in [3.8, 4) is 0 Å². The highest BCUT2D eigenvalue weighted by Gasteiger charge is 2.21. The number of aromatic nitrogens is 1. The van der Waals surface area contributed by atoms with Crippen LogP contribution in [0.4, 0.5) is 13.2 Å². The van der Waals surface area contributed by atoms with E-state index in [0.717, 1.165) is 12.1 Å². The fraction of sp³-hybridized carbons (Fsp3) is 0.167. The molecule has 0 spiro atoms. The number of rotatable bonds is 3. The lowest BCUT2D eigenvalue weighted by Crippen LogP contribution is -2.27. The third-order valence-corrected chi connectivity index (χ3v) is 3.23. The molecule has 0 radical (unpaired) electrons. The van der Waals surface area contributed by atoms with Crippen molar-refractivity contribution in [2.24, 2.45) is 0 Å². The minimum absolute atomic E-state index is 0.176. The Morgan fingerprint density at radius 1 is 1.32 bits per heavy atom. The lowest BCUT2D eigenvalue weighted by Gasteiger charge is -2.16. The van der Waals surface area contributed by atoms with E-state index in [-0.39, 0.29) is 6.54 Å². The predicted molar refractivity (Wildman–Crippen MR) is 64.2 cm³/mol. The number of carbonyl (C=O) groups is 1. The molecule has 0 bridgehead atoms. The van der Waals surface area contributed by atoms with Crippen LogP contribution in [0.25, 0.3) is 0 Å². The summed E-state index contributed by atoms with van der Waals surface area (Å²) in [4.78, 5) is 17.1. The van der Waals surface area contributed by atoms with E-state index in [1.165, 1.54) is 23.3 Å². The molecule has 0 aliphatic heterocycles. The van der Waals surface area contributed by atoms with E-state index in [1.807, 2.05) is 0 Å². The summed E-state index contributed by atoms with van der Waals surface area (Å²) < 4.78 is 39.3. The van der Waals surface area contributed by atoms with Crippen LogP contribution in [0.15, 0.2) is 23.7 Å². The maximum absolute atomic E-state index is 13.5. The minimum Gasteiger partial charge on any atom is -0.335 e. The Balaban J connectivity index is 2.22. The third-order valence-electron chi connectivity index (χ3n) is 2.47. The van der Waals surface area contributed by atoms with Crippen molar-refractivity contribution in [3.05, 3.63) is 51.7 Å². The van der Waals surface area contributed by atoms with E-state index in [0.29, 0.717) is 5.01 Å². The lowest BCUT2D eigenvalue weighted by molar-refractivity contribution is 0.0779. The summed E-state index contributed by atoms with van der Waals surface area (Å²) in [5.41, 5.74) is -0.502. The second kappa shape index (κ2) is 5.40. The highest BCUT2D eigenvalue weighted by molar-refractivity contribution is 7.09. The van der Waals surface area contributed by atoms with Gasteiger partial charge in [-0.3, -0.25) is 4.79 Å². The predicted octanol–water partition coefficient (Wildman–Crippen LogP) is 2.83. The number of benzene rings is 1. The summed E-state index contributed by atoms with van der Waals surface area (Å²) in [5.74, 6) is -5.17. The average Bonchev–Trinajstić information content (AvgIpc) is 2.88. The first-order valence-corrected chi connectivity index (χ1v) is 6.16. The van der Waals surface area contributed by atoms with Crippen molar-refractivity contribution in [1.29, 1.82) is 0 Å². The van der Waals surface area contributed by atoms with Crippen LogP contribution in [0.2, 0.25) is 0 Å². The molecule has 2 aromatic rings. The number of hydrogen-bond donors (Lipinski definition) is 0. The Bertz CT molecular complexity index is 601. The molecule has 0 unspecified atom stereocenters. The van der Waals surface area contributed by atoms with Gasteiger partial charge in [-0.2, -0.15) is 0 Å². The van der Waals surface area contributed by atoms with Crippen LogP contribution >= 0.6 is 11.3 Å². The standard InChI is InChI=1S/C12H9F3N2OS/c1-17(6-9-16-4-5-19-9)12(18)7-2-3-8(13)11(15)10(7)14/h2-5H,6H2,1H3. The molecule has 0 N–H and O–H groups in total. The van der Waals surface area contributed by atoms with E-state index in [2.05, 4.69) is 4.98 Å². The van der Waals surface area contributed by atoms with Crippen molar-refractivity contribution in [2.45, 2.75) is 6.54 Å². The van der Waals surface area contributed by atoms with Gasteiger partial charge in [0.1, 0.15) is 5.01 Å². The molecule has 1 amide bonds. The van der Waals surface area contributed by atoms with Crippen LogP contribution in [0, 0.1) is 17.5 Å². The lowest BCUT2D eigenvalue weighted by atomic mass is 10.1. The zero-order chi connectivity index (χ0) is 14.0. The number of nitrogens with zero attached hydrogens (tertiary/aromatic N) is 2. The molecule has 7 heteroatoms. The Morgan fingerprint density at radius 3 is 2.68 bits per heavy atom. The van der Waals surface area contributed by atoms with E-state index in [4.69, 9.17) is 0 Å². The molecular weight excluding hydrogens is 277 g/mol. The van der Waals surface area contributed by atoms with Crippen molar-refractivity contribution < 1.29 is 18.0 Å². The van der Waals surface area contributed by atoms with Crippen LogP contribution in [0.5, 0.6) is 0 Å². The summed E-state index contributed by atoms with van der Waals surface area (Å²) in [6.07, 6.45) is 1.58. The Kier molecular flexibility index (Phi) is 3.84. The molecule has 1 heterocycles. The first-order valence-electron chi connectivity index (χ1n) is 5.28. The fourth-order valence-corrected chi connectivity index (χ4v) is 2.17. The van der Waals surface area contributed by atoms with Crippen molar-refractivity contribution in [2.75, 3.05) is 7.05 Å². The van der Waals surface area contributed by atoms with Crippen LogP contribution in [-0.4, -0.2) is 22.8 Å². The molecule has 19 heavy (non-hydrogen) atoms. The maximum atomic E-state index is 13.5. The molecule has 100 valence electrons. The number of carbonyl (C=O) groups excluding carboxylic acids is 1. The highest BCUT2D eigenvalue weighted by Crippen LogP contribution is 2.17. The van der Waals surface area contributed by atoms with Crippen molar-refractivity contribution in [3.63, 3.8) is 0 Å². The number of amides is 1. The molecule has 1 aromatic carbocycles. The van der Waals surface area contributed by atoms with E-state index >= 15 is 0 Å². The van der Waals surface area contributed by atoms with Gasteiger partial charge in [0.05, 0.1) is 12.1 Å². The van der Waals surface area contributed by atoms with Gasteiger partial charge >= 0.3 is 0 Å². The molecular formula is C12H9F3N2OS. The smallest absolute Gasteiger partial charge is 0.257 e. The molecule has 2 rings (SSSR count). The van der Waals surface area contributed by atoms with Crippen molar-refractivity contribution in [1.82, 2.24) is 9.88 Å². The molecule has 0 aliphatic carbocycles. The van der Waals surface area contributed by atoms with Gasteiger partial charge in [0.2, 0.25) is 0 Å². The van der Waals surface area contributed by atoms with Crippen LogP contribution in [0.3, 0.4) is 0 Å². The summed E-state index contributed by atoms with van der Waals surface area (Å²) in [5, 5.41) is 2.41. The number of hydrogen-bond acceptors (Lipinski definition) is 3. The molecule has 0 atom stereocenters. The summed E-state index contributed by atoms with van der Waals surface area (Å²) >= 11 is 1.34. The Labute approximate surface area is 111 Å². The van der Waals surface area contributed by atoms with Gasteiger partial charge < -0.3 is 4.90 Å². The summed E-state index contributed by atoms with van der Waals surface area (Å²) in [6.45, 7) is 0.176. The quantitative estimate of drug-likeness (QED) is 0.813. The van der Waals surface area contributed by atoms with Gasteiger partial charge in [-0.1, -0.05) is 0 Å². The summed E-state index contributed by atoms with van der Waals surface area (Å²) in [7, 11) is 1.43. The van der Waals surface area contributed by atoms with Gasteiger partial charge in [-0.25, -0.2) is 18.2 Å². The Hall–Kier alpha value is -1.89. The molecule has 0 saturated heterocycles. The fourth-order valence-electron chi connectivity index (χ4n) is 1.50. The van der Waals surface area contributed by atoms with E-state index < -0.39 is 28.9 Å². The van der Waals surface area contributed by atoms with Gasteiger partial charge in [-0.05, 0) is 12.1 Å². The zero-order valence-corrected chi connectivity index (χ0v) is 10.7. The van der Waals surface area contributed by atoms with Crippen LogP contribution < -0.4 is 0 Å². The molecule has 0 fully saturated rings. The monoisotopic (exact) mass is 286 g/mol. The topological polar surface area (TPSA) is 33.2 Å². The number of thiazole rings is 1. The van der Waals surface area contributed by atoms with Crippen LogP contribution in [0.1, 0.15) is 15.4 Å². The normalized spacial score (nSPS) is 10.5. The highest BCUT2D eigenvalue weighted by atomic mass is 32.1. The van der Waals surface area contributed by atoms with Gasteiger partial charge in [0.15, 0.2) is 17.5 Å². The number of halogens is 3. The Morgan fingerprint density at radius 2 is 2.05 bits per heavy atom. The maximum Gasteiger partial charge on any atom is 0.257 e. The second-order valence-electron chi connectivity index (χ2n) is 3.81. The van der Waals surface area contributed by atoms with Crippen LogP contribution in [-0.2, 0) is 6.54 Å². The third kappa shape index (κ3) is 2.76. The average molecular weight is 286 g/mol. The SMILES string of the molecule is CN(Cc1nccs1)C(=O)c1ccc(F)c(F)c1F. The molecule has 0 aliphatic rings. The second-order valence-corrected chi connectivity index (χ2v) is 4.79. The molecule has 0 saturated carbocycles. The van der Waals surface area contributed by atoms with Gasteiger partial charge in [0, 0.05) is 18.6 Å². The minimum atomic E-state index is -1.64. The largest absolute Gasteiger partial charge is 0.335 e. The van der Waals surface area contributed by atoms with E-state index in [9.17, 15) is 18.0 Å². The first kappa shape index (κ1) is 13.5. The van der Waals surface area contributed by atoms with Gasteiger partial charge in [-0.15, -0.1) is 11.3 Å². The summed E-state index contributed by atoms with van der Waals surface area (Å²) in [6, 6.07) is 1.65. The molecule has 1 aromatic heterocycles. The zero-order valence-electron chi connectivity index (χ0n) is 9.86.